The van der Waals surface area contributed by atoms with Crippen molar-refractivity contribution in [2.75, 3.05) is 11.1 Å². The number of para-hydroxylation sites is 1. The Balaban J connectivity index is 1.66. The van der Waals surface area contributed by atoms with Crippen LogP contribution >= 0.6 is 11.8 Å². The van der Waals surface area contributed by atoms with Gasteiger partial charge in [0.25, 0.3) is 0 Å². The zero-order chi connectivity index (χ0) is 18.5. The number of fused-ring (bicyclic) bond motifs is 3. The monoisotopic (exact) mass is 380 g/mol. The molecule has 0 saturated carbocycles. The highest BCUT2D eigenvalue weighted by Gasteiger charge is 2.23. The van der Waals surface area contributed by atoms with Crippen molar-refractivity contribution < 1.29 is 9.15 Å². The first-order chi connectivity index (χ1) is 13.3. The molecule has 0 fully saturated rings. The molecule has 27 heavy (non-hydrogen) atoms. The molecule has 1 aromatic carbocycles. The first-order valence-corrected chi connectivity index (χ1v) is 9.94. The third-order valence-corrected chi connectivity index (χ3v) is 4.99. The van der Waals surface area contributed by atoms with Gasteiger partial charge in [-0.25, -0.2) is 0 Å². The molecule has 3 aromatic rings. The van der Waals surface area contributed by atoms with Crippen molar-refractivity contribution in [3.63, 3.8) is 0 Å². The Morgan fingerprint density at radius 2 is 2.11 bits per heavy atom. The van der Waals surface area contributed by atoms with Gasteiger partial charge in [0.2, 0.25) is 11.0 Å². The molecule has 4 rings (SSSR count). The summed E-state index contributed by atoms with van der Waals surface area (Å²) >= 11 is 1.60. The molecule has 1 aliphatic heterocycles. The normalized spacial score (nSPS) is 15.5. The minimum absolute atomic E-state index is 0.400. The molecule has 1 N–H and O–H groups in total. The molecule has 6 nitrogen and oxygen atoms in total. The smallest absolute Gasteiger partial charge is 0.247 e. The summed E-state index contributed by atoms with van der Waals surface area (Å²) < 4.78 is 11.5. The molecule has 0 radical (unpaired) electrons. The van der Waals surface area contributed by atoms with Crippen LogP contribution in [0.3, 0.4) is 0 Å². The van der Waals surface area contributed by atoms with Crippen LogP contribution in [0.25, 0.3) is 17.3 Å². The van der Waals surface area contributed by atoms with Crippen molar-refractivity contribution in [1.29, 1.82) is 0 Å². The summed E-state index contributed by atoms with van der Waals surface area (Å²) in [6.07, 6.45) is 7.27. The second kappa shape index (κ2) is 8.26. The van der Waals surface area contributed by atoms with Gasteiger partial charge in [0.05, 0.1) is 6.26 Å². The van der Waals surface area contributed by atoms with Crippen molar-refractivity contribution in [2.24, 2.45) is 0 Å². The van der Waals surface area contributed by atoms with Gasteiger partial charge < -0.3 is 14.5 Å². The maximum absolute atomic E-state index is 6.12. The molecule has 0 bridgehead atoms. The Bertz CT molecular complexity index is 927. The number of nitrogens with one attached hydrogen (secondary N) is 1. The molecule has 7 heteroatoms. The van der Waals surface area contributed by atoms with E-state index in [2.05, 4.69) is 27.4 Å². The Kier molecular flexibility index (Phi) is 5.39. The molecule has 2 aromatic heterocycles. The van der Waals surface area contributed by atoms with E-state index in [1.807, 2.05) is 48.6 Å². The molecule has 1 atom stereocenters. The maximum Gasteiger partial charge on any atom is 0.247 e. The lowest BCUT2D eigenvalue weighted by molar-refractivity contribution is 0.266. The molecule has 0 saturated heterocycles. The van der Waals surface area contributed by atoms with Gasteiger partial charge >= 0.3 is 0 Å². The molecule has 3 heterocycles. The summed E-state index contributed by atoms with van der Waals surface area (Å²) in [5.74, 6) is 2.21. The minimum Gasteiger partial charge on any atom is -0.465 e. The largest absolute Gasteiger partial charge is 0.465 e. The molecule has 0 aliphatic carbocycles. The summed E-state index contributed by atoms with van der Waals surface area (Å²) in [5.41, 5.74) is 2.49. The molecule has 1 aliphatic rings. The number of ether oxygens (including phenoxy) is 1. The Labute approximate surface area is 162 Å². The number of aromatic nitrogens is 3. The van der Waals surface area contributed by atoms with E-state index in [4.69, 9.17) is 9.15 Å². The number of unbranched alkanes of at least 4 members (excludes halogenated alkanes) is 1. The van der Waals surface area contributed by atoms with E-state index in [0.29, 0.717) is 16.7 Å². The molecular formula is C20H20N4O2S. The van der Waals surface area contributed by atoms with E-state index in [1.54, 1.807) is 18.0 Å². The Morgan fingerprint density at radius 3 is 2.96 bits per heavy atom. The van der Waals surface area contributed by atoms with Gasteiger partial charge in [-0.3, -0.25) is 0 Å². The summed E-state index contributed by atoms with van der Waals surface area (Å²) in [6, 6.07) is 11.7. The summed E-state index contributed by atoms with van der Waals surface area (Å²) in [5, 5.41) is 12.7. The summed E-state index contributed by atoms with van der Waals surface area (Å²) in [6.45, 7) is 2.17. The Morgan fingerprint density at radius 1 is 1.19 bits per heavy atom. The number of furan rings is 1. The van der Waals surface area contributed by atoms with Crippen molar-refractivity contribution in [3.8, 4) is 17.1 Å². The number of thioether (sulfide) groups is 1. The van der Waals surface area contributed by atoms with E-state index >= 15 is 0 Å². The number of anilines is 1. The molecule has 1 unspecified atom stereocenters. The van der Waals surface area contributed by atoms with Gasteiger partial charge in [0.15, 0.2) is 11.9 Å². The van der Waals surface area contributed by atoms with Crippen LogP contribution in [0.5, 0.6) is 5.88 Å². The van der Waals surface area contributed by atoms with E-state index in [1.165, 1.54) is 0 Å². The van der Waals surface area contributed by atoms with Crippen molar-refractivity contribution in [1.82, 2.24) is 15.2 Å². The van der Waals surface area contributed by atoms with Gasteiger partial charge in [-0.05, 0) is 36.8 Å². The quantitative estimate of drug-likeness (QED) is 0.483. The average Bonchev–Trinajstić information content (AvgIpc) is 3.15. The first-order valence-electron chi connectivity index (χ1n) is 8.95. The fourth-order valence-electron chi connectivity index (χ4n) is 2.69. The zero-order valence-corrected chi connectivity index (χ0v) is 15.8. The number of rotatable bonds is 6. The SMILES string of the molecule is CCCCSc1nnc2c(n1)OC(C=Cc1ccco1)Nc1ccccc1-2. The van der Waals surface area contributed by atoms with E-state index in [0.717, 1.165) is 35.6 Å². The third kappa shape index (κ3) is 4.14. The van der Waals surface area contributed by atoms with Gasteiger partial charge in [-0.1, -0.05) is 43.3 Å². The predicted octanol–water partition coefficient (Wildman–Crippen LogP) is 4.87. The van der Waals surface area contributed by atoms with Crippen LogP contribution in [-0.2, 0) is 0 Å². The van der Waals surface area contributed by atoms with Gasteiger partial charge in [0, 0.05) is 17.0 Å². The summed E-state index contributed by atoms with van der Waals surface area (Å²) in [4.78, 5) is 4.61. The lowest BCUT2D eigenvalue weighted by Crippen LogP contribution is -2.23. The highest BCUT2D eigenvalue weighted by Crippen LogP contribution is 2.36. The molecule has 138 valence electrons. The number of hydrogen-bond acceptors (Lipinski definition) is 7. The van der Waals surface area contributed by atoms with Crippen LogP contribution in [0.1, 0.15) is 25.5 Å². The second-order valence-electron chi connectivity index (χ2n) is 6.05. The number of nitrogens with zero attached hydrogens (tertiary/aromatic N) is 3. The van der Waals surface area contributed by atoms with Crippen LogP contribution in [0.2, 0.25) is 0 Å². The van der Waals surface area contributed by atoms with Crippen LogP contribution in [0.15, 0.2) is 58.3 Å². The van der Waals surface area contributed by atoms with Gasteiger partial charge in [0.1, 0.15) is 5.76 Å². The highest BCUT2D eigenvalue weighted by molar-refractivity contribution is 7.99. The maximum atomic E-state index is 6.12. The van der Waals surface area contributed by atoms with Gasteiger partial charge in [-0.2, -0.15) is 4.98 Å². The van der Waals surface area contributed by atoms with Crippen LogP contribution in [-0.4, -0.2) is 27.2 Å². The molecule has 0 amide bonds. The zero-order valence-electron chi connectivity index (χ0n) is 15.0. The molecule has 0 spiro atoms. The number of benzene rings is 1. The van der Waals surface area contributed by atoms with Crippen LogP contribution < -0.4 is 10.1 Å². The standard InChI is InChI=1S/C20H20N4O2S/c1-2-3-13-27-20-22-19-18(23-24-20)15-8-4-5-9-16(15)21-17(26-19)11-10-14-7-6-12-25-14/h4-12,17,21H,2-3,13H2,1H3. The van der Waals surface area contributed by atoms with Crippen LogP contribution in [0, 0.1) is 0 Å². The lowest BCUT2D eigenvalue weighted by Gasteiger charge is -2.15. The highest BCUT2D eigenvalue weighted by atomic mass is 32.2. The lowest BCUT2D eigenvalue weighted by atomic mass is 10.1. The van der Waals surface area contributed by atoms with Crippen molar-refractivity contribution in [2.45, 2.75) is 31.1 Å². The van der Waals surface area contributed by atoms with E-state index in [9.17, 15) is 0 Å². The van der Waals surface area contributed by atoms with Crippen molar-refractivity contribution >= 4 is 23.5 Å². The van der Waals surface area contributed by atoms with Crippen LogP contribution in [0.4, 0.5) is 5.69 Å². The minimum atomic E-state index is -0.400. The fraction of sp³-hybridized carbons (Fsp3) is 0.250. The van der Waals surface area contributed by atoms with Crippen molar-refractivity contribution in [3.05, 3.63) is 54.5 Å². The predicted molar refractivity (Wildman–Crippen MR) is 107 cm³/mol. The summed E-state index contributed by atoms with van der Waals surface area (Å²) in [7, 11) is 0. The Hall–Kier alpha value is -2.80. The average molecular weight is 380 g/mol. The first kappa shape index (κ1) is 17.6. The fourth-order valence-corrected chi connectivity index (χ4v) is 3.55. The van der Waals surface area contributed by atoms with E-state index in [-0.39, 0.29) is 0 Å². The topological polar surface area (TPSA) is 73.1 Å². The number of hydrogen-bond donors (Lipinski definition) is 1. The van der Waals surface area contributed by atoms with Gasteiger partial charge in [-0.15, -0.1) is 10.2 Å². The third-order valence-electron chi connectivity index (χ3n) is 4.06. The second-order valence-corrected chi connectivity index (χ2v) is 7.12. The molecular weight excluding hydrogens is 360 g/mol. The van der Waals surface area contributed by atoms with E-state index < -0.39 is 6.23 Å².